The quantitative estimate of drug-likeness (QED) is 0.0331. The highest BCUT2D eigenvalue weighted by atomic mass is 16.4. The number of carbonyl (C=O) groups is 5. The molecule has 0 aromatic heterocycles. The van der Waals surface area contributed by atoms with Crippen molar-refractivity contribution in [3.8, 4) is 0 Å². The van der Waals surface area contributed by atoms with E-state index in [1.165, 1.54) is 0 Å². The normalized spacial score (nSPS) is 13.5. The molecule has 0 aromatic carbocycles. The zero-order chi connectivity index (χ0) is 31.4. The van der Waals surface area contributed by atoms with E-state index in [0.29, 0.717) is 32.2 Å². The van der Waals surface area contributed by atoms with E-state index in [2.05, 4.69) is 26.6 Å². The molecule has 0 unspecified atom stereocenters. The monoisotopic (exact) mass is 587 g/mol. The number of nitrogens with two attached hydrogens (primary N) is 4. The van der Waals surface area contributed by atoms with Crippen LogP contribution in [-0.2, 0) is 24.0 Å². The Morgan fingerprint density at radius 2 is 1.12 bits per heavy atom. The first kappa shape index (κ1) is 36.8. The smallest absolute Gasteiger partial charge is 0.326 e. The third-order valence-electron chi connectivity index (χ3n) is 5.80. The van der Waals surface area contributed by atoms with Gasteiger partial charge in [-0.25, -0.2) is 4.79 Å². The second kappa shape index (κ2) is 20.7. The van der Waals surface area contributed by atoms with Gasteiger partial charge in [0.05, 0.1) is 6.04 Å². The fraction of sp³-hybridized carbons (Fsp3) is 0.696. The van der Waals surface area contributed by atoms with E-state index in [-0.39, 0.29) is 50.7 Å². The van der Waals surface area contributed by atoms with Crippen molar-refractivity contribution in [1.29, 1.82) is 10.8 Å². The summed E-state index contributed by atoms with van der Waals surface area (Å²) < 4.78 is 0. The summed E-state index contributed by atoms with van der Waals surface area (Å²) in [4.78, 5) is 61.4. The highest BCUT2D eigenvalue weighted by molar-refractivity contribution is 5.94. The van der Waals surface area contributed by atoms with Crippen molar-refractivity contribution in [2.45, 2.75) is 82.0 Å². The summed E-state index contributed by atoms with van der Waals surface area (Å²) >= 11 is 0. The molecule has 0 saturated heterocycles. The predicted molar refractivity (Wildman–Crippen MR) is 149 cm³/mol. The molecule has 0 aromatic rings. The van der Waals surface area contributed by atoms with Crippen LogP contribution in [0.1, 0.15) is 57.8 Å². The van der Waals surface area contributed by atoms with Crippen LogP contribution in [0.15, 0.2) is 0 Å². The Kier molecular flexibility index (Phi) is 18.6. The largest absolute Gasteiger partial charge is 0.481 e. The highest BCUT2D eigenvalue weighted by Crippen LogP contribution is 2.06. The van der Waals surface area contributed by atoms with Crippen molar-refractivity contribution in [2.75, 3.05) is 19.6 Å². The maximum atomic E-state index is 13.3. The molecule has 0 aliphatic carbocycles. The van der Waals surface area contributed by atoms with Crippen molar-refractivity contribution in [2.24, 2.45) is 22.9 Å². The highest BCUT2D eigenvalue weighted by Gasteiger charge is 2.30. The van der Waals surface area contributed by atoms with Gasteiger partial charge >= 0.3 is 11.9 Å². The van der Waals surface area contributed by atoms with Crippen LogP contribution in [0.5, 0.6) is 0 Å². The van der Waals surface area contributed by atoms with Crippen LogP contribution >= 0.6 is 0 Å². The van der Waals surface area contributed by atoms with Crippen LogP contribution in [0, 0.1) is 10.8 Å². The average molecular weight is 588 g/mol. The van der Waals surface area contributed by atoms with Crippen molar-refractivity contribution in [1.82, 2.24) is 26.6 Å². The summed E-state index contributed by atoms with van der Waals surface area (Å²) in [6.07, 6.45) is 1.33. The first-order valence-corrected chi connectivity index (χ1v) is 13.3. The molecule has 0 rings (SSSR count). The molecule has 0 spiro atoms. The number of hydrogen-bond acceptors (Lipinski definition) is 9. The third kappa shape index (κ3) is 17.9. The van der Waals surface area contributed by atoms with Crippen molar-refractivity contribution in [3.05, 3.63) is 0 Å². The van der Waals surface area contributed by atoms with Crippen LogP contribution in [0.3, 0.4) is 0 Å². The number of hydrogen-bond donors (Lipinski definition) is 13. The fourth-order valence-electron chi connectivity index (χ4n) is 3.58. The van der Waals surface area contributed by atoms with Gasteiger partial charge in [-0.2, -0.15) is 0 Å². The lowest BCUT2D eigenvalue weighted by atomic mass is 10.0. The number of carbonyl (C=O) groups excluding carboxylic acids is 3. The number of rotatable bonds is 22. The van der Waals surface area contributed by atoms with E-state index in [1.807, 2.05) is 0 Å². The first-order valence-electron chi connectivity index (χ1n) is 13.3. The minimum atomic E-state index is -1.52. The standard InChI is InChI=1S/C23H45N11O7/c24-10-2-1-5-13(25)18(37)32-14(6-3-11-30-22(26)27)19(38)33-15(7-4-12-31-23(28)29)20(39)34-16(21(40)41)8-9-17(35)36/h13-16H,1-12,24-25H2,(H,32,37)(H,33,38)(H,34,39)(H,35,36)(H,40,41)(H4,26,27,30)(H4,28,29,31)/t13-,14-,15-,16-/m0/s1. The summed E-state index contributed by atoms with van der Waals surface area (Å²) in [5.74, 6) is -5.48. The Bertz CT molecular complexity index is 903. The summed E-state index contributed by atoms with van der Waals surface area (Å²) in [6.45, 7) is 0.833. The molecule has 0 radical (unpaired) electrons. The van der Waals surface area contributed by atoms with Crippen LogP contribution in [0.25, 0.3) is 0 Å². The zero-order valence-corrected chi connectivity index (χ0v) is 23.0. The van der Waals surface area contributed by atoms with Gasteiger partial charge in [0.1, 0.15) is 18.1 Å². The molecule has 0 aliphatic rings. The molecule has 41 heavy (non-hydrogen) atoms. The van der Waals surface area contributed by atoms with Gasteiger partial charge in [0, 0.05) is 19.5 Å². The molecule has 0 fully saturated rings. The van der Waals surface area contributed by atoms with Crippen molar-refractivity contribution < 1.29 is 34.2 Å². The molecule has 4 atom stereocenters. The minimum Gasteiger partial charge on any atom is -0.481 e. The van der Waals surface area contributed by atoms with Crippen molar-refractivity contribution >= 4 is 41.6 Å². The molecule has 0 saturated carbocycles. The number of carboxylic acid groups (broad SMARTS) is 2. The molecule has 18 nitrogen and oxygen atoms in total. The van der Waals surface area contributed by atoms with E-state index >= 15 is 0 Å². The second-order valence-electron chi connectivity index (χ2n) is 9.31. The molecule has 234 valence electrons. The van der Waals surface area contributed by atoms with Crippen LogP contribution in [0.2, 0.25) is 0 Å². The van der Waals surface area contributed by atoms with Crippen LogP contribution in [0.4, 0.5) is 0 Å². The Morgan fingerprint density at radius 3 is 1.54 bits per heavy atom. The lowest BCUT2D eigenvalue weighted by Gasteiger charge is -2.25. The van der Waals surface area contributed by atoms with Gasteiger partial charge < -0.3 is 59.7 Å². The van der Waals surface area contributed by atoms with Gasteiger partial charge in [-0.1, -0.05) is 6.42 Å². The van der Waals surface area contributed by atoms with Gasteiger partial charge in [0.25, 0.3) is 0 Å². The Hall–Kier alpha value is -4.19. The first-order chi connectivity index (χ1) is 19.3. The van der Waals surface area contributed by atoms with Crippen molar-refractivity contribution in [3.63, 3.8) is 0 Å². The average Bonchev–Trinajstić information content (AvgIpc) is 2.88. The summed E-state index contributed by atoms with van der Waals surface area (Å²) in [5.41, 5.74) is 22.0. The number of unbranched alkanes of at least 4 members (excludes halogenated alkanes) is 1. The Labute approximate surface area is 238 Å². The van der Waals surface area contributed by atoms with E-state index in [0.717, 1.165) is 0 Å². The number of carboxylic acids is 2. The molecule has 0 heterocycles. The van der Waals surface area contributed by atoms with Gasteiger partial charge in [-0.3, -0.25) is 30.0 Å². The zero-order valence-electron chi connectivity index (χ0n) is 23.0. The van der Waals surface area contributed by atoms with E-state index in [4.69, 9.17) is 38.9 Å². The number of amides is 3. The fourth-order valence-corrected chi connectivity index (χ4v) is 3.58. The minimum absolute atomic E-state index is 0.00567. The molecular formula is C23H45N11O7. The van der Waals surface area contributed by atoms with Gasteiger partial charge in [0.15, 0.2) is 11.9 Å². The van der Waals surface area contributed by atoms with E-state index < -0.39 is 60.2 Å². The van der Waals surface area contributed by atoms with E-state index in [9.17, 15) is 29.1 Å². The number of guanidine groups is 2. The third-order valence-corrected chi connectivity index (χ3v) is 5.80. The van der Waals surface area contributed by atoms with Gasteiger partial charge in [-0.15, -0.1) is 0 Å². The molecule has 0 aliphatic heterocycles. The summed E-state index contributed by atoms with van der Waals surface area (Å²) in [7, 11) is 0. The number of nitrogens with one attached hydrogen (secondary N) is 7. The second-order valence-corrected chi connectivity index (χ2v) is 9.31. The van der Waals surface area contributed by atoms with Crippen LogP contribution in [-0.4, -0.2) is 95.6 Å². The summed E-state index contributed by atoms with van der Waals surface area (Å²) in [6, 6.07) is -4.83. The van der Waals surface area contributed by atoms with Gasteiger partial charge in [-0.05, 0) is 51.5 Å². The Morgan fingerprint density at radius 1 is 0.659 bits per heavy atom. The Balaban J connectivity index is 5.69. The molecule has 3 amide bonds. The molecule has 17 N–H and O–H groups in total. The lowest BCUT2D eigenvalue weighted by molar-refractivity contribution is -0.143. The molecule has 0 bridgehead atoms. The predicted octanol–water partition coefficient (Wildman–Crippen LogP) is -3.63. The van der Waals surface area contributed by atoms with E-state index in [1.54, 1.807) is 0 Å². The maximum Gasteiger partial charge on any atom is 0.326 e. The topological polar surface area (TPSA) is 338 Å². The summed E-state index contributed by atoms with van der Waals surface area (Å²) in [5, 5.41) is 45.3. The maximum absolute atomic E-state index is 13.3. The number of aliphatic carboxylic acids is 2. The SMILES string of the molecule is N=C(N)NCCC[C@H](NC(=O)[C@H](CCCNC(=N)N)NC(=O)[C@@H](N)CCCCN)C(=O)N[C@@H](CCC(=O)O)C(=O)O. The molecule has 18 heteroatoms. The van der Waals surface area contributed by atoms with Crippen LogP contribution < -0.4 is 49.5 Å². The molecular weight excluding hydrogens is 542 g/mol. The lowest BCUT2D eigenvalue weighted by Crippen LogP contribution is -2.57. The van der Waals surface area contributed by atoms with Gasteiger partial charge in [0.2, 0.25) is 17.7 Å².